The summed E-state index contributed by atoms with van der Waals surface area (Å²) in [6.07, 6.45) is 1.03. The second-order valence-corrected chi connectivity index (χ2v) is 7.67. The summed E-state index contributed by atoms with van der Waals surface area (Å²) in [4.78, 5) is 16.6. The molecule has 132 valence electrons. The Hall–Kier alpha value is -2.43. The highest BCUT2D eigenvalue weighted by Crippen LogP contribution is 2.29. The molecule has 1 aliphatic heterocycles. The largest absolute Gasteiger partial charge is 0.324 e. The van der Waals surface area contributed by atoms with Crippen molar-refractivity contribution in [3.8, 4) is 11.1 Å². The molecule has 4 rings (SSSR count). The maximum absolute atomic E-state index is 12.9. The standard InChI is InChI=1S/C22H22N2OS/c1-16(24-13-11-21-18(15-24)12-14-26-21)22(25)23-20-10-6-5-9-19(20)17-7-3-2-4-8-17/h2-10,12,14,16H,11,13,15H2,1H3,(H,23,25). The number of hydrogen-bond acceptors (Lipinski definition) is 3. The quantitative estimate of drug-likeness (QED) is 0.723. The Morgan fingerprint density at radius 3 is 2.69 bits per heavy atom. The zero-order chi connectivity index (χ0) is 17.9. The molecule has 0 saturated carbocycles. The molecular formula is C22H22N2OS. The van der Waals surface area contributed by atoms with Gasteiger partial charge in [0.15, 0.2) is 0 Å². The van der Waals surface area contributed by atoms with Crippen LogP contribution in [0.1, 0.15) is 17.4 Å². The van der Waals surface area contributed by atoms with Gasteiger partial charge in [-0.1, -0.05) is 48.5 Å². The fourth-order valence-electron chi connectivity index (χ4n) is 3.47. The smallest absolute Gasteiger partial charge is 0.241 e. The molecule has 1 unspecified atom stereocenters. The van der Waals surface area contributed by atoms with Gasteiger partial charge in [-0.3, -0.25) is 9.69 Å². The molecule has 0 fully saturated rings. The van der Waals surface area contributed by atoms with Crippen molar-refractivity contribution in [2.45, 2.75) is 25.9 Å². The predicted octanol–water partition coefficient (Wildman–Crippen LogP) is 4.80. The molecule has 26 heavy (non-hydrogen) atoms. The van der Waals surface area contributed by atoms with Crippen LogP contribution in [0.3, 0.4) is 0 Å². The third kappa shape index (κ3) is 3.43. The molecule has 3 aromatic rings. The summed E-state index contributed by atoms with van der Waals surface area (Å²) in [6, 6.07) is 20.2. The van der Waals surface area contributed by atoms with Crippen LogP contribution in [0, 0.1) is 0 Å². The second kappa shape index (κ2) is 7.44. The van der Waals surface area contributed by atoms with Gasteiger partial charge in [-0.25, -0.2) is 0 Å². The fraction of sp³-hybridized carbons (Fsp3) is 0.227. The number of nitrogens with zero attached hydrogens (tertiary/aromatic N) is 1. The normalized spacial score (nSPS) is 15.3. The topological polar surface area (TPSA) is 32.3 Å². The summed E-state index contributed by atoms with van der Waals surface area (Å²) in [7, 11) is 0. The summed E-state index contributed by atoms with van der Waals surface area (Å²) in [6.45, 7) is 3.79. The number of nitrogens with one attached hydrogen (secondary N) is 1. The van der Waals surface area contributed by atoms with Crippen molar-refractivity contribution in [1.29, 1.82) is 0 Å². The van der Waals surface area contributed by atoms with Gasteiger partial charge in [-0.05, 0) is 42.0 Å². The van der Waals surface area contributed by atoms with E-state index in [0.717, 1.165) is 36.3 Å². The van der Waals surface area contributed by atoms with Gasteiger partial charge in [0.25, 0.3) is 0 Å². The van der Waals surface area contributed by atoms with Crippen LogP contribution in [-0.4, -0.2) is 23.4 Å². The van der Waals surface area contributed by atoms with Crippen LogP contribution in [0.25, 0.3) is 11.1 Å². The molecule has 4 heteroatoms. The minimum absolute atomic E-state index is 0.0482. The molecule has 0 spiro atoms. The van der Waals surface area contributed by atoms with Crippen LogP contribution in [0.4, 0.5) is 5.69 Å². The van der Waals surface area contributed by atoms with E-state index in [2.05, 4.69) is 33.8 Å². The number of anilines is 1. The molecule has 1 aliphatic rings. The molecule has 0 bridgehead atoms. The van der Waals surface area contributed by atoms with Crippen molar-refractivity contribution < 1.29 is 4.79 Å². The van der Waals surface area contributed by atoms with Crippen molar-refractivity contribution in [2.75, 3.05) is 11.9 Å². The van der Waals surface area contributed by atoms with E-state index in [1.54, 1.807) is 0 Å². The number of benzene rings is 2. The summed E-state index contributed by atoms with van der Waals surface area (Å²) < 4.78 is 0. The van der Waals surface area contributed by atoms with Gasteiger partial charge >= 0.3 is 0 Å². The fourth-order valence-corrected chi connectivity index (χ4v) is 4.36. The van der Waals surface area contributed by atoms with Gasteiger partial charge in [-0.2, -0.15) is 0 Å². The molecule has 3 nitrogen and oxygen atoms in total. The Kier molecular flexibility index (Phi) is 4.87. The highest BCUT2D eigenvalue weighted by molar-refractivity contribution is 7.10. The van der Waals surface area contributed by atoms with Crippen molar-refractivity contribution in [3.05, 3.63) is 76.5 Å². The van der Waals surface area contributed by atoms with Crippen LogP contribution in [0.2, 0.25) is 0 Å². The van der Waals surface area contributed by atoms with E-state index in [9.17, 15) is 4.79 Å². The van der Waals surface area contributed by atoms with E-state index in [-0.39, 0.29) is 11.9 Å². The monoisotopic (exact) mass is 362 g/mol. The van der Waals surface area contributed by atoms with E-state index in [4.69, 9.17) is 0 Å². The minimum atomic E-state index is -0.160. The van der Waals surface area contributed by atoms with Gasteiger partial charge in [0.1, 0.15) is 0 Å². The van der Waals surface area contributed by atoms with E-state index in [1.165, 1.54) is 10.4 Å². The second-order valence-electron chi connectivity index (χ2n) is 6.67. The molecular weight excluding hydrogens is 340 g/mol. The van der Waals surface area contributed by atoms with Gasteiger partial charge in [0.05, 0.1) is 6.04 Å². The molecule has 2 aromatic carbocycles. The highest BCUT2D eigenvalue weighted by Gasteiger charge is 2.26. The average Bonchev–Trinajstić information content (AvgIpc) is 3.16. The maximum Gasteiger partial charge on any atom is 0.241 e. The number of carbonyl (C=O) groups excluding carboxylic acids is 1. The molecule has 1 atom stereocenters. The first kappa shape index (κ1) is 17.0. The van der Waals surface area contributed by atoms with Gasteiger partial charge in [0, 0.05) is 29.2 Å². The Balaban J connectivity index is 1.50. The lowest BCUT2D eigenvalue weighted by Crippen LogP contribution is -2.44. The molecule has 2 heterocycles. The van der Waals surface area contributed by atoms with E-state index >= 15 is 0 Å². The Bertz CT molecular complexity index is 903. The zero-order valence-electron chi connectivity index (χ0n) is 14.8. The number of fused-ring (bicyclic) bond motifs is 1. The summed E-state index contributed by atoms with van der Waals surface area (Å²) in [5, 5.41) is 5.29. The zero-order valence-corrected chi connectivity index (χ0v) is 15.6. The number of amides is 1. The SMILES string of the molecule is CC(C(=O)Nc1ccccc1-c1ccccc1)N1CCc2sccc2C1. The van der Waals surface area contributed by atoms with Crippen molar-refractivity contribution in [2.24, 2.45) is 0 Å². The van der Waals surface area contributed by atoms with Crippen LogP contribution in [0.5, 0.6) is 0 Å². The van der Waals surface area contributed by atoms with Gasteiger partial charge < -0.3 is 5.32 Å². The first-order valence-electron chi connectivity index (χ1n) is 8.97. The van der Waals surface area contributed by atoms with Crippen LogP contribution >= 0.6 is 11.3 Å². The minimum Gasteiger partial charge on any atom is -0.324 e. The molecule has 0 radical (unpaired) electrons. The van der Waals surface area contributed by atoms with Crippen molar-refractivity contribution >= 4 is 22.9 Å². The molecule has 0 aliphatic carbocycles. The third-order valence-corrected chi connectivity index (χ3v) is 6.06. The Labute approximate surface area is 158 Å². The highest BCUT2D eigenvalue weighted by atomic mass is 32.1. The van der Waals surface area contributed by atoms with Crippen LogP contribution in [0.15, 0.2) is 66.0 Å². The van der Waals surface area contributed by atoms with E-state index < -0.39 is 0 Å². The van der Waals surface area contributed by atoms with Crippen LogP contribution in [-0.2, 0) is 17.8 Å². The molecule has 1 aromatic heterocycles. The summed E-state index contributed by atoms with van der Waals surface area (Å²) >= 11 is 1.82. The van der Waals surface area contributed by atoms with Crippen LogP contribution < -0.4 is 5.32 Å². The maximum atomic E-state index is 12.9. The number of thiophene rings is 1. The lowest BCUT2D eigenvalue weighted by atomic mass is 10.0. The average molecular weight is 362 g/mol. The van der Waals surface area contributed by atoms with Crippen molar-refractivity contribution in [1.82, 2.24) is 4.90 Å². The summed E-state index contributed by atoms with van der Waals surface area (Å²) in [5.41, 5.74) is 4.39. The number of rotatable bonds is 4. The summed E-state index contributed by atoms with van der Waals surface area (Å²) in [5.74, 6) is 0.0482. The molecule has 1 amide bonds. The third-order valence-electron chi connectivity index (χ3n) is 5.03. The number of para-hydroxylation sites is 1. The number of carbonyl (C=O) groups is 1. The first-order chi connectivity index (χ1) is 12.7. The first-order valence-corrected chi connectivity index (χ1v) is 9.85. The lowest BCUT2D eigenvalue weighted by molar-refractivity contribution is -0.121. The van der Waals surface area contributed by atoms with Gasteiger partial charge in [0.2, 0.25) is 5.91 Å². The lowest BCUT2D eigenvalue weighted by Gasteiger charge is -2.31. The molecule has 1 N–H and O–H groups in total. The number of hydrogen-bond donors (Lipinski definition) is 1. The van der Waals surface area contributed by atoms with Gasteiger partial charge in [-0.15, -0.1) is 11.3 Å². The van der Waals surface area contributed by atoms with Crippen molar-refractivity contribution in [3.63, 3.8) is 0 Å². The molecule has 0 saturated heterocycles. The predicted molar refractivity (Wildman–Crippen MR) is 108 cm³/mol. The van der Waals surface area contributed by atoms with E-state index in [1.807, 2.05) is 60.7 Å². The van der Waals surface area contributed by atoms with E-state index in [0.29, 0.717) is 0 Å². The Morgan fingerprint density at radius 2 is 1.85 bits per heavy atom. The Morgan fingerprint density at radius 1 is 1.08 bits per heavy atom.